The number of aliphatic imine (C=N–C) groups is 1. The summed E-state index contributed by atoms with van der Waals surface area (Å²) in [4.78, 5) is 16.0. The first kappa shape index (κ1) is 17.5. The molecule has 1 aromatic rings. The van der Waals surface area contributed by atoms with E-state index < -0.39 is 0 Å². The SMILES string of the molecule is CN(CCN=C(N)N1CCN(c2nccs2)CC1)C1CCCCC1. The van der Waals surface area contributed by atoms with Crippen LogP contribution >= 0.6 is 11.3 Å². The summed E-state index contributed by atoms with van der Waals surface area (Å²) in [6.07, 6.45) is 8.71. The van der Waals surface area contributed by atoms with Gasteiger partial charge in [0.25, 0.3) is 0 Å². The number of piperazine rings is 1. The van der Waals surface area contributed by atoms with Crippen molar-refractivity contribution in [1.29, 1.82) is 0 Å². The molecule has 6 nitrogen and oxygen atoms in total. The number of guanidine groups is 1. The van der Waals surface area contributed by atoms with Gasteiger partial charge in [0.05, 0.1) is 6.54 Å². The summed E-state index contributed by atoms with van der Waals surface area (Å²) < 4.78 is 0. The molecular weight excluding hydrogens is 320 g/mol. The number of rotatable bonds is 5. The standard InChI is InChI=1S/C17H30N6S/c1-21(15-5-3-2-4-6-15)9-7-19-16(18)22-10-12-23(13-11-22)17-20-8-14-24-17/h8,14-15H,2-7,9-13H2,1H3,(H2,18,19). The van der Waals surface area contributed by atoms with E-state index in [1.807, 2.05) is 11.6 Å². The fourth-order valence-corrected chi connectivity index (χ4v) is 4.32. The molecule has 1 aromatic heterocycles. The van der Waals surface area contributed by atoms with Gasteiger partial charge in [-0.2, -0.15) is 0 Å². The minimum atomic E-state index is 0.700. The van der Waals surface area contributed by atoms with Crippen LogP contribution in [0.5, 0.6) is 0 Å². The summed E-state index contributed by atoms with van der Waals surface area (Å²) in [5.74, 6) is 0.700. The summed E-state index contributed by atoms with van der Waals surface area (Å²) in [5.41, 5.74) is 6.20. The van der Waals surface area contributed by atoms with Crippen molar-refractivity contribution < 1.29 is 0 Å². The van der Waals surface area contributed by atoms with E-state index in [4.69, 9.17) is 5.73 Å². The fraction of sp³-hybridized carbons (Fsp3) is 0.765. The summed E-state index contributed by atoms with van der Waals surface area (Å²) in [6, 6.07) is 0.747. The Morgan fingerprint density at radius 3 is 2.71 bits per heavy atom. The van der Waals surface area contributed by atoms with Gasteiger partial charge in [-0.3, -0.25) is 4.99 Å². The fourth-order valence-electron chi connectivity index (χ4n) is 3.63. The van der Waals surface area contributed by atoms with Gasteiger partial charge in [0, 0.05) is 50.3 Å². The lowest BCUT2D eigenvalue weighted by atomic mass is 9.94. The van der Waals surface area contributed by atoms with Crippen LogP contribution < -0.4 is 10.6 Å². The second kappa shape index (κ2) is 8.67. The van der Waals surface area contributed by atoms with Crippen LogP contribution in [0, 0.1) is 0 Å². The molecule has 0 unspecified atom stereocenters. The third kappa shape index (κ3) is 4.60. The van der Waals surface area contributed by atoms with E-state index in [1.54, 1.807) is 11.3 Å². The Labute approximate surface area is 149 Å². The van der Waals surface area contributed by atoms with Crippen molar-refractivity contribution in [2.75, 3.05) is 51.2 Å². The summed E-state index contributed by atoms with van der Waals surface area (Å²) in [7, 11) is 2.23. The molecular formula is C17H30N6S. The van der Waals surface area contributed by atoms with Crippen molar-refractivity contribution in [3.8, 4) is 0 Å². The van der Waals surface area contributed by atoms with Crippen LogP contribution in [-0.4, -0.2) is 73.1 Å². The van der Waals surface area contributed by atoms with Crippen molar-refractivity contribution in [3.05, 3.63) is 11.6 Å². The number of likely N-dealkylation sites (N-methyl/N-ethyl adjacent to an activating group) is 1. The highest BCUT2D eigenvalue weighted by molar-refractivity contribution is 7.13. The van der Waals surface area contributed by atoms with Crippen molar-refractivity contribution in [2.45, 2.75) is 38.1 Å². The highest BCUT2D eigenvalue weighted by atomic mass is 32.1. The van der Waals surface area contributed by atoms with Gasteiger partial charge in [-0.15, -0.1) is 11.3 Å². The molecule has 0 amide bonds. The van der Waals surface area contributed by atoms with Crippen LogP contribution in [0.25, 0.3) is 0 Å². The minimum absolute atomic E-state index is 0.700. The van der Waals surface area contributed by atoms with E-state index in [1.165, 1.54) is 32.1 Å². The first-order valence-electron chi connectivity index (χ1n) is 9.13. The number of nitrogens with zero attached hydrogens (tertiary/aromatic N) is 5. The van der Waals surface area contributed by atoms with Crippen LogP contribution in [0.15, 0.2) is 16.6 Å². The van der Waals surface area contributed by atoms with Crippen molar-refractivity contribution >= 4 is 22.4 Å². The zero-order valence-corrected chi connectivity index (χ0v) is 15.5. The van der Waals surface area contributed by atoms with Gasteiger partial charge in [-0.05, 0) is 19.9 Å². The average molecular weight is 351 g/mol. The molecule has 2 N–H and O–H groups in total. The average Bonchev–Trinajstić information content (AvgIpc) is 3.17. The minimum Gasteiger partial charge on any atom is -0.370 e. The van der Waals surface area contributed by atoms with Crippen LogP contribution in [0.1, 0.15) is 32.1 Å². The van der Waals surface area contributed by atoms with Crippen LogP contribution in [0.3, 0.4) is 0 Å². The zero-order chi connectivity index (χ0) is 16.8. The molecule has 2 fully saturated rings. The Bertz CT molecular complexity index is 503. The van der Waals surface area contributed by atoms with E-state index in [2.05, 4.69) is 31.7 Å². The second-order valence-corrected chi connectivity index (χ2v) is 7.67. The topological polar surface area (TPSA) is 61.0 Å². The van der Waals surface area contributed by atoms with Gasteiger partial charge in [0.15, 0.2) is 11.1 Å². The smallest absolute Gasteiger partial charge is 0.191 e. The van der Waals surface area contributed by atoms with E-state index in [0.717, 1.165) is 50.4 Å². The quantitative estimate of drug-likeness (QED) is 0.649. The lowest BCUT2D eigenvalue weighted by Crippen LogP contribution is -2.51. The first-order chi connectivity index (χ1) is 11.7. The van der Waals surface area contributed by atoms with Crippen molar-refractivity contribution in [3.63, 3.8) is 0 Å². The Kier molecular flexibility index (Phi) is 6.31. The largest absolute Gasteiger partial charge is 0.370 e. The van der Waals surface area contributed by atoms with Crippen LogP contribution in [-0.2, 0) is 0 Å². The molecule has 24 heavy (non-hydrogen) atoms. The maximum Gasteiger partial charge on any atom is 0.191 e. The molecule has 0 radical (unpaired) electrons. The van der Waals surface area contributed by atoms with Gasteiger partial charge >= 0.3 is 0 Å². The molecule has 1 saturated carbocycles. The van der Waals surface area contributed by atoms with Gasteiger partial charge in [-0.1, -0.05) is 19.3 Å². The Morgan fingerprint density at radius 2 is 2.04 bits per heavy atom. The molecule has 1 saturated heterocycles. The highest BCUT2D eigenvalue weighted by Gasteiger charge is 2.20. The lowest BCUT2D eigenvalue weighted by Gasteiger charge is -2.35. The molecule has 0 atom stereocenters. The molecule has 134 valence electrons. The number of anilines is 1. The Balaban J connectivity index is 1.40. The van der Waals surface area contributed by atoms with E-state index in [0.29, 0.717) is 5.96 Å². The van der Waals surface area contributed by atoms with Gasteiger partial charge in [0.2, 0.25) is 0 Å². The zero-order valence-electron chi connectivity index (χ0n) is 14.7. The number of hydrogen-bond donors (Lipinski definition) is 1. The molecule has 2 heterocycles. The number of hydrogen-bond acceptors (Lipinski definition) is 5. The lowest BCUT2D eigenvalue weighted by molar-refractivity contribution is 0.196. The Hall–Kier alpha value is -1.34. The third-order valence-electron chi connectivity index (χ3n) is 5.22. The maximum atomic E-state index is 6.20. The molecule has 0 spiro atoms. The van der Waals surface area contributed by atoms with E-state index in [-0.39, 0.29) is 0 Å². The molecule has 2 aliphatic rings. The summed E-state index contributed by atoms with van der Waals surface area (Å²) >= 11 is 1.70. The van der Waals surface area contributed by atoms with E-state index >= 15 is 0 Å². The highest BCUT2D eigenvalue weighted by Crippen LogP contribution is 2.21. The van der Waals surface area contributed by atoms with Crippen LogP contribution in [0.4, 0.5) is 5.13 Å². The van der Waals surface area contributed by atoms with Gasteiger partial charge < -0.3 is 20.4 Å². The molecule has 1 aliphatic heterocycles. The van der Waals surface area contributed by atoms with Crippen LogP contribution in [0.2, 0.25) is 0 Å². The van der Waals surface area contributed by atoms with E-state index in [9.17, 15) is 0 Å². The third-order valence-corrected chi connectivity index (χ3v) is 6.05. The second-order valence-electron chi connectivity index (χ2n) is 6.80. The van der Waals surface area contributed by atoms with Crippen molar-refractivity contribution in [1.82, 2.24) is 14.8 Å². The summed E-state index contributed by atoms with van der Waals surface area (Å²) in [5, 5.41) is 3.14. The van der Waals surface area contributed by atoms with Gasteiger partial charge in [0.1, 0.15) is 0 Å². The van der Waals surface area contributed by atoms with Gasteiger partial charge in [-0.25, -0.2) is 4.98 Å². The molecule has 1 aliphatic carbocycles. The number of thiazole rings is 1. The predicted molar refractivity (Wildman–Crippen MR) is 102 cm³/mol. The molecule has 0 aromatic carbocycles. The first-order valence-corrected chi connectivity index (χ1v) is 10.0. The monoisotopic (exact) mass is 350 g/mol. The molecule has 0 bridgehead atoms. The number of nitrogens with two attached hydrogens (primary N) is 1. The predicted octanol–water partition coefficient (Wildman–Crippen LogP) is 1.84. The normalized spacial score (nSPS) is 20.8. The maximum absolute atomic E-state index is 6.20. The molecule has 3 rings (SSSR count). The molecule has 7 heteroatoms. The summed E-state index contributed by atoms with van der Waals surface area (Å²) in [6.45, 7) is 5.58. The Morgan fingerprint density at radius 1 is 1.29 bits per heavy atom. The number of aromatic nitrogens is 1. The van der Waals surface area contributed by atoms with Crippen molar-refractivity contribution in [2.24, 2.45) is 10.7 Å².